The number of aryl methyl sites for hydroxylation is 1. The van der Waals surface area contributed by atoms with Gasteiger partial charge in [0.1, 0.15) is 17.2 Å². The van der Waals surface area contributed by atoms with Gasteiger partial charge in [0.25, 0.3) is 0 Å². The first-order valence-corrected chi connectivity index (χ1v) is 15.4. The first-order chi connectivity index (χ1) is 19.2. The smallest absolute Gasteiger partial charge is 0.303 e. The van der Waals surface area contributed by atoms with E-state index in [9.17, 15) is 17.8 Å². The molecule has 0 fully saturated rings. The van der Waals surface area contributed by atoms with E-state index >= 15 is 0 Å². The first-order valence-electron chi connectivity index (χ1n) is 14.0. The minimum absolute atomic E-state index is 0.183. The number of nitrogens with zero attached hydrogens (tertiary/aromatic N) is 2. The highest BCUT2D eigenvalue weighted by Gasteiger charge is 2.43. The number of hydrogen-bond acceptors (Lipinski definition) is 5. The van der Waals surface area contributed by atoms with Crippen LogP contribution in [0.3, 0.4) is 0 Å². The molecule has 0 bridgehead atoms. The van der Waals surface area contributed by atoms with Crippen LogP contribution in [0.15, 0.2) is 77.4 Å². The van der Waals surface area contributed by atoms with Crippen LogP contribution >= 0.6 is 0 Å². The fourth-order valence-corrected chi connectivity index (χ4v) is 6.84. The average molecular weight is 577 g/mol. The molecule has 218 valence electrons. The van der Waals surface area contributed by atoms with E-state index in [2.05, 4.69) is 50.1 Å². The molecular weight excluding hydrogens is 536 g/mol. The lowest BCUT2D eigenvalue weighted by Gasteiger charge is -2.29. The van der Waals surface area contributed by atoms with Gasteiger partial charge in [-0.1, -0.05) is 48.8 Å². The highest BCUT2D eigenvalue weighted by Crippen LogP contribution is 2.50. The van der Waals surface area contributed by atoms with Crippen LogP contribution in [0.1, 0.15) is 69.6 Å². The van der Waals surface area contributed by atoms with Gasteiger partial charge in [-0.25, -0.2) is 8.42 Å². The van der Waals surface area contributed by atoms with Crippen molar-refractivity contribution in [1.29, 1.82) is 0 Å². The van der Waals surface area contributed by atoms with Crippen LogP contribution in [0.4, 0.5) is 11.4 Å². The van der Waals surface area contributed by atoms with Crippen LogP contribution in [0.5, 0.6) is 0 Å². The molecule has 41 heavy (non-hydrogen) atoms. The molecule has 2 aromatic carbocycles. The van der Waals surface area contributed by atoms with Crippen molar-refractivity contribution in [2.45, 2.75) is 75.5 Å². The first kappa shape index (κ1) is 30.5. The Morgan fingerprint density at radius 1 is 1.02 bits per heavy atom. The maximum Gasteiger partial charge on any atom is 0.303 e. The lowest BCUT2D eigenvalue weighted by molar-refractivity contribution is -0.401. The quantitative estimate of drug-likeness (QED) is 0.153. The SMILES string of the molecule is Cc1ccc2c(c1)C(C)(CCCCCC(=O)O)/C(=C/C=C/C=C/C1=[N+](C)c3ccc(S(=O)(=O)[O-])cc3C1(C)C)N2C. The summed E-state index contributed by atoms with van der Waals surface area (Å²) in [6.45, 7) is 8.44. The summed E-state index contributed by atoms with van der Waals surface area (Å²) in [5, 5.41) is 8.99. The molecule has 2 aliphatic rings. The van der Waals surface area contributed by atoms with Crippen molar-refractivity contribution in [3.63, 3.8) is 0 Å². The van der Waals surface area contributed by atoms with Gasteiger partial charge in [-0.3, -0.25) is 4.79 Å². The van der Waals surface area contributed by atoms with E-state index in [1.54, 1.807) is 6.07 Å². The second-order valence-electron chi connectivity index (χ2n) is 11.9. The fraction of sp³-hybridized carbons (Fsp3) is 0.394. The Balaban J connectivity index is 1.57. The number of fused-ring (bicyclic) bond motifs is 2. The number of unbranched alkanes of at least 4 members (excludes halogenated alkanes) is 2. The molecule has 0 aliphatic carbocycles. The van der Waals surface area contributed by atoms with Crippen LogP contribution in [-0.2, 0) is 25.7 Å². The minimum Gasteiger partial charge on any atom is -0.744 e. The highest BCUT2D eigenvalue weighted by atomic mass is 32.2. The Kier molecular flexibility index (Phi) is 8.48. The Morgan fingerprint density at radius 3 is 2.44 bits per heavy atom. The van der Waals surface area contributed by atoms with Gasteiger partial charge in [0.05, 0.1) is 10.3 Å². The normalized spacial score (nSPS) is 21.0. The molecule has 0 spiro atoms. The van der Waals surface area contributed by atoms with E-state index in [0.717, 1.165) is 36.2 Å². The summed E-state index contributed by atoms with van der Waals surface area (Å²) in [4.78, 5) is 13.0. The van der Waals surface area contributed by atoms with Crippen molar-refractivity contribution < 1.29 is 27.4 Å². The molecule has 1 N–H and O–H groups in total. The van der Waals surface area contributed by atoms with E-state index in [1.807, 2.05) is 49.8 Å². The fourth-order valence-electron chi connectivity index (χ4n) is 6.34. The second kappa shape index (κ2) is 11.4. The maximum absolute atomic E-state index is 11.6. The van der Waals surface area contributed by atoms with Crippen LogP contribution < -0.4 is 4.90 Å². The van der Waals surface area contributed by atoms with Gasteiger partial charge in [0.15, 0.2) is 5.71 Å². The molecular formula is C33H40N2O5S. The van der Waals surface area contributed by atoms with E-state index < -0.39 is 21.5 Å². The van der Waals surface area contributed by atoms with Crippen LogP contribution in [0.2, 0.25) is 0 Å². The Morgan fingerprint density at radius 2 is 1.76 bits per heavy atom. The zero-order valence-electron chi connectivity index (χ0n) is 24.8. The van der Waals surface area contributed by atoms with Crippen LogP contribution in [0.25, 0.3) is 0 Å². The Hall–Kier alpha value is -3.49. The summed E-state index contributed by atoms with van der Waals surface area (Å²) in [5.74, 6) is -0.744. The monoisotopic (exact) mass is 576 g/mol. The molecule has 0 radical (unpaired) electrons. The summed E-state index contributed by atoms with van der Waals surface area (Å²) < 4.78 is 36.8. The number of allylic oxidation sites excluding steroid dienone is 6. The van der Waals surface area contributed by atoms with Crippen LogP contribution in [-0.4, -0.2) is 48.4 Å². The van der Waals surface area contributed by atoms with Gasteiger partial charge in [-0.2, -0.15) is 4.58 Å². The summed E-state index contributed by atoms with van der Waals surface area (Å²) >= 11 is 0. The molecule has 0 amide bonds. The van der Waals surface area contributed by atoms with Gasteiger partial charge in [0, 0.05) is 48.0 Å². The van der Waals surface area contributed by atoms with Crippen LogP contribution in [0, 0.1) is 6.92 Å². The lowest BCUT2D eigenvalue weighted by Crippen LogP contribution is -2.26. The van der Waals surface area contributed by atoms with Gasteiger partial charge < -0.3 is 14.6 Å². The van der Waals surface area contributed by atoms with Gasteiger partial charge in [-0.15, -0.1) is 0 Å². The third-order valence-corrected chi connectivity index (χ3v) is 9.46. The van der Waals surface area contributed by atoms with Crippen molar-refractivity contribution in [1.82, 2.24) is 0 Å². The molecule has 0 saturated carbocycles. The van der Waals surface area contributed by atoms with Crippen molar-refractivity contribution in [2.75, 3.05) is 19.0 Å². The largest absolute Gasteiger partial charge is 0.744 e. The molecule has 4 rings (SSSR count). The van der Waals surface area contributed by atoms with Gasteiger partial charge >= 0.3 is 5.97 Å². The zero-order chi connectivity index (χ0) is 30.2. The number of carboxylic acid groups (broad SMARTS) is 1. The van der Waals surface area contributed by atoms with Gasteiger partial charge in [-0.05, 0) is 70.4 Å². The Labute approximate surface area is 244 Å². The average Bonchev–Trinajstić information content (AvgIpc) is 3.21. The third kappa shape index (κ3) is 5.95. The zero-order valence-corrected chi connectivity index (χ0v) is 25.6. The van der Waals surface area contributed by atoms with E-state index in [1.165, 1.54) is 34.6 Å². The standard InChI is InChI=1S/C33H40N2O5S/c1-23-16-18-28-26(21-23)33(4,20-12-8-11-15-31(36)37)30(35(28)6)14-10-7-9-13-29-32(2,3)25-22-24(41(38,39)40)17-19-27(25)34(29)5/h7,9-10,13-14,16-19,21-22H,8,11-12,15,20H2,1-6H3,(H-,36,37,38,39,40). The van der Waals surface area contributed by atoms with Crippen molar-refractivity contribution in [2.24, 2.45) is 0 Å². The molecule has 8 heteroatoms. The topological polar surface area (TPSA) is 101 Å². The molecule has 1 atom stereocenters. The predicted molar refractivity (Wildman–Crippen MR) is 162 cm³/mol. The number of rotatable bonds is 10. The number of hydrogen-bond donors (Lipinski definition) is 1. The molecule has 2 aromatic rings. The summed E-state index contributed by atoms with van der Waals surface area (Å²) in [7, 11) is -0.493. The van der Waals surface area contributed by atoms with Crippen molar-refractivity contribution in [3.8, 4) is 0 Å². The summed E-state index contributed by atoms with van der Waals surface area (Å²) in [6.07, 6.45) is 13.9. The molecule has 1 unspecified atom stereocenters. The number of likely N-dealkylation sites (N-methyl/N-ethyl adjacent to an activating group) is 1. The number of carboxylic acids is 1. The molecule has 0 saturated heterocycles. The number of benzene rings is 2. The highest BCUT2D eigenvalue weighted by molar-refractivity contribution is 7.85. The van der Waals surface area contributed by atoms with Gasteiger partial charge in [0.2, 0.25) is 5.69 Å². The van der Waals surface area contributed by atoms with Crippen molar-refractivity contribution in [3.05, 3.63) is 89.2 Å². The number of aliphatic carboxylic acids is 1. The molecule has 0 aromatic heterocycles. The molecule has 2 aliphatic heterocycles. The molecule has 7 nitrogen and oxygen atoms in total. The van der Waals surface area contributed by atoms with E-state index in [-0.39, 0.29) is 16.7 Å². The second-order valence-corrected chi connectivity index (χ2v) is 13.2. The molecule has 2 heterocycles. The summed E-state index contributed by atoms with van der Waals surface area (Å²) in [5.41, 5.74) is 6.94. The summed E-state index contributed by atoms with van der Waals surface area (Å²) in [6, 6.07) is 11.1. The minimum atomic E-state index is -4.53. The van der Waals surface area contributed by atoms with E-state index in [0.29, 0.717) is 6.42 Å². The third-order valence-electron chi connectivity index (χ3n) is 8.63. The Bertz CT molecular complexity index is 1600. The lowest BCUT2D eigenvalue weighted by atomic mass is 9.76. The predicted octanol–water partition coefficient (Wildman–Crippen LogP) is 6.34. The van der Waals surface area contributed by atoms with Crippen molar-refractivity contribution >= 4 is 33.2 Å². The number of anilines is 1. The maximum atomic E-state index is 11.6. The number of carbonyl (C=O) groups is 1. The van der Waals surface area contributed by atoms with E-state index in [4.69, 9.17) is 5.11 Å².